The lowest BCUT2D eigenvalue weighted by Gasteiger charge is -2.24. The Labute approximate surface area is 158 Å². The Hall–Kier alpha value is -2.60. The predicted molar refractivity (Wildman–Crippen MR) is 101 cm³/mol. The fourth-order valence-corrected chi connectivity index (χ4v) is 4.04. The van der Waals surface area contributed by atoms with E-state index in [0.29, 0.717) is 16.9 Å². The molecule has 2 aromatic heterocycles. The molecule has 2 N–H and O–H groups in total. The van der Waals surface area contributed by atoms with Gasteiger partial charge in [0.2, 0.25) is 0 Å². The van der Waals surface area contributed by atoms with Crippen molar-refractivity contribution in [2.24, 2.45) is 0 Å². The smallest absolute Gasteiger partial charge is 0.405 e. The number of fused-ring (bicyclic) bond motifs is 1. The van der Waals surface area contributed by atoms with Crippen LogP contribution < -0.4 is 5.32 Å². The SMILES string of the molecule is CCS(=O)(=O)c1c(CC(C)(C)NC(=O)O)nc2ccc(C(C)(C)C#N)cn12. The summed E-state index contributed by atoms with van der Waals surface area (Å²) in [5.41, 5.74) is -0.313. The van der Waals surface area contributed by atoms with Crippen LogP contribution in [0.4, 0.5) is 4.79 Å². The number of carboxylic acid groups (broad SMARTS) is 1. The molecule has 0 saturated heterocycles. The van der Waals surface area contributed by atoms with Crippen LogP contribution in [0.5, 0.6) is 0 Å². The Bertz CT molecular complexity index is 1030. The van der Waals surface area contributed by atoms with Crippen LogP contribution in [0.1, 0.15) is 45.9 Å². The van der Waals surface area contributed by atoms with Gasteiger partial charge in [-0.3, -0.25) is 4.40 Å². The molecule has 0 bridgehead atoms. The van der Waals surface area contributed by atoms with E-state index in [9.17, 15) is 18.5 Å². The molecule has 2 heterocycles. The predicted octanol–water partition coefficient (Wildman–Crippen LogP) is 2.52. The van der Waals surface area contributed by atoms with E-state index in [2.05, 4.69) is 16.4 Å². The number of hydrogen-bond donors (Lipinski definition) is 2. The van der Waals surface area contributed by atoms with Crippen LogP contribution in [-0.2, 0) is 21.7 Å². The first-order chi connectivity index (χ1) is 12.3. The van der Waals surface area contributed by atoms with E-state index in [1.54, 1.807) is 52.9 Å². The summed E-state index contributed by atoms with van der Waals surface area (Å²) in [7, 11) is -3.64. The van der Waals surface area contributed by atoms with Crippen LogP contribution in [0.15, 0.2) is 23.4 Å². The third kappa shape index (κ3) is 4.22. The van der Waals surface area contributed by atoms with Crippen molar-refractivity contribution in [1.82, 2.24) is 14.7 Å². The molecule has 0 aliphatic heterocycles. The highest BCUT2D eigenvalue weighted by Crippen LogP contribution is 2.27. The van der Waals surface area contributed by atoms with Gasteiger partial charge in [0.05, 0.1) is 22.9 Å². The third-order valence-corrected chi connectivity index (χ3v) is 6.15. The summed E-state index contributed by atoms with van der Waals surface area (Å²) in [4.78, 5) is 15.5. The normalized spacial score (nSPS) is 12.7. The van der Waals surface area contributed by atoms with E-state index in [1.807, 2.05) is 0 Å². The lowest BCUT2D eigenvalue weighted by molar-refractivity contribution is 0.182. The van der Waals surface area contributed by atoms with Crippen LogP contribution in [0, 0.1) is 11.3 Å². The van der Waals surface area contributed by atoms with Gasteiger partial charge in [-0.2, -0.15) is 5.26 Å². The minimum Gasteiger partial charge on any atom is -0.465 e. The molecule has 27 heavy (non-hydrogen) atoms. The number of nitriles is 1. The molecule has 0 saturated carbocycles. The van der Waals surface area contributed by atoms with E-state index < -0.39 is 26.9 Å². The molecule has 2 aromatic rings. The second-order valence-corrected chi connectivity index (χ2v) is 9.83. The average molecular weight is 392 g/mol. The molecular weight excluding hydrogens is 368 g/mol. The molecule has 2 rings (SSSR count). The minimum absolute atomic E-state index is 0.0378. The molecule has 0 radical (unpaired) electrons. The van der Waals surface area contributed by atoms with Crippen molar-refractivity contribution in [3.8, 4) is 6.07 Å². The number of hydrogen-bond acceptors (Lipinski definition) is 5. The summed E-state index contributed by atoms with van der Waals surface area (Å²) in [5.74, 6) is -0.119. The maximum Gasteiger partial charge on any atom is 0.405 e. The molecule has 0 unspecified atom stereocenters. The maximum absolute atomic E-state index is 12.8. The van der Waals surface area contributed by atoms with Gasteiger partial charge in [0, 0.05) is 18.2 Å². The molecule has 0 atom stereocenters. The zero-order valence-corrected chi connectivity index (χ0v) is 16.9. The van der Waals surface area contributed by atoms with Crippen molar-refractivity contribution in [3.05, 3.63) is 29.6 Å². The number of nitrogens with zero attached hydrogens (tertiary/aromatic N) is 3. The Morgan fingerprint density at radius 1 is 1.33 bits per heavy atom. The molecule has 8 nitrogen and oxygen atoms in total. The van der Waals surface area contributed by atoms with Gasteiger partial charge in [0.1, 0.15) is 5.65 Å². The van der Waals surface area contributed by atoms with E-state index >= 15 is 0 Å². The Morgan fingerprint density at radius 2 is 1.96 bits per heavy atom. The lowest BCUT2D eigenvalue weighted by atomic mass is 9.88. The summed E-state index contributed by atoms with van der Waals surface area (Å²) in [5, 5.41) is 20.8. The molecule has 1 amide bonds. The number of sulfone groups is 1. The molecule has 0 aliphatic rings. The zero-order valence-electron chi connectivity index (χ0n) is 16.1. The summed E-state index contributed by atoms with van der Waals surface area (Å²) in [6, 6.07) is 5.62. The van der Waals surface area contributed by atoms with Gasteiger partial charge in [-0.25, -0.2) is 18.2 Å². The highest BCUT2D eigenvalue weighted by atomic mass is 32.2. The first-order valence-corrected chi connectivity index (χ1v) is 10.1. The van der Waals surface area contributed by atoms with Crippen molar-refractivity contribution in [3.63, 3.8) is 0 Å². The van der Waals surface area contributed by atoms with Gasteiger partial charge >= 0.3 is 6.09 Å². The second kappa shape index (κ2) is 6.85. The summed E-state index contributed by atoms with van der Waals surface area (Å²) in [6.07, 6.45) is 0.531. The molecule has 146 valence electrons. The molecule has 9 heteroatoms. The zero-order chi connectivity index (χ0) is 20.6. The molecule has 0 aliphatic carbocycles. The second-order valence-electron chi connectivity index (χ2n) is 7.64. The summed E-state index contributed by atoms with van der Waals surface area (Å²) < 4.78 is 27.0. The number of carbonyl (C=O) groups is 1. The maximum atomic E-state index is 12.8. The van der Waals surface area contributed by atoms with Gasteiger partial charge in [0.15, 0.2) is 14.9 Å². The standard InChI is InChI=1S/C18H24N4O4S/c1-6-27(25,26)15-13(9-18(4,5)21-16(23)24)20-14-8-7-12(10-22(14)15)17(2,3)11-19/h7-8,10,21H,6,9H2,1-5H3,(H,23,24). The highest BCUT2D eigenvalue weighted by Gasteiger charge is 2.30. The van der Waals surface area contributed by atoms with Gasteiger partial charge < -0.3 is 10.4 Å². The van der Waals surface area contributed by atoms with Gasteiger partial charge in [-0.05, 0) is 39.3 Å². The van der Waals surface area contributed by atoms with Crippen molar-refractivity contribution in [1.29, 1.82) is 5.26 Å². The number of amides is 1. The monoisotopic (exact) mass is 392 g/mol. The fraction of sp³-hybridized carbons (Fsp3) is 0.500. The number of rotatable bonds is 6. The Kier molecular flexibility index (Phi) is 5.25. The van der Waals surface area contributed by atoms with E-state index in [0.717, 1.165) is 0 Å². The molecule has 0 aromatic carbocycles. The van der Waals surface area contributed by atoms with Gasteiger partial charge in [-0.1, -0.05) is 13.0 Å². The van der Waals surface area contributed by atoms with Crippen molar-refractivity contribution in [2.45, 2.75) is 57.0 Å². The van der Waals surface area contributed by atoms with Crippen molar-refractivity contribution >= 4 is 21.6 Å². The van der Waals surface area contributed by atoms with E-state index in [-0.39, 0.29) is 17.2 Å². The fourth-order valence-electron chi connectivity index (χ4n) is 2.84. The summed E-state index contributed by atoms with van der Waals surface area (Å²) >= 11 is 0. The molecule has 0 spiro atoms. The number of nitrogens with one attached hydrogen (secondary N) is 1. The van der Waals surface area contributed by atoms with Crippen LogP contribution in [0.3, 0.4) is 0 Å². The van der Waals surface area contributed by atoms with Crippen molar-refractivity contribution in [2.75, 3.05) is 5.75 Å². The first-order valence-electron chi connectivity index (χ1n) is 8.49. The molecular formula is C18H24N4O4S. The van der Waals surface area contributed by atoms with E-state index in [4.69, 9.17) is 5.11 Å². The Morgan fingerprint density at radius 3 is 2.48 bits per heavy atom. The number of imidazole rings is 1. The Balaban J connectivity index is 2.73. The summed E-state index contributed by atoms with van der Waals surface area (Å²) in [6.45, 7) is 8.37. The highest BCUT2D eigenvalue weighted by molar-refractivity contribution is 7.91. The molecule has 0 fully saturated rings. The average Bonchev–Trinajstić information content (AvgIpc) is 2.90. The number of aromatic nitrogens is 2. The van der Waals surface area contributed by atoms with Gasteiger partial charge in [0.25, 0.3) is 0 Å². The van der Waals surface area contributed by atoms with Crippen LogP contribution >= 0.6 is 0 Å². The van der Waals surface area contributed by atoms with Gasteiger partial charge in [-0.15, -0.1) is 0 Å². The first kappa shape index (κ1) is 20.7. The third-order valence-electron chi connectivity index (χ3n) is 4.37. The van der Waals surface area contributed by atoms with E-state index in [1.165, 1.54) is 4.40 Å². The topological polar surface area (TPSA) is 125 Å². The quantitative estimate of drug-likeness (QED) is 0.778. The van der Waals surface area contributed by atoms with Crippen LogP contribution in [0.2, 0.25) is 0 Å². The lowest BCUT2D eigenvalue weighted by Crippen LogP contribution is -2.44. The van der Waals surface area contributed by atoms with Crippen molar-refractivity contribution < 1.29 is 18.3 Å². The van der Waals surface area contributed by atoms with Crippen LogP contribution in [0.25, 0.3) is 5.65 Å². The minimum atomic E-state index is -3.64. The number of pyridine rings is 1. The van der Waals surface area contributed by atoms with Crippen LogP contribution in [-0.4, -0.2) is 40.3 Å². The largest absolute Gasteiger partial charge is 0.465 e.